The number of carbonyl (C=O) groups excluding carboxylic acids is 3. The molecule has 3 rings (SSSR count). The minimum absolute atomic E-state index is 0.0595. The van der Waals surface area contributed by atoms with E-state index in [-0.39, 0.29) is 6.10 Å². The Hall–Kier alpha value is -3.15. The Morgan fingerprint density at radius 1 is 0.923 bits per heavy atom. The predicted octanol–water partition coefficient (Wildman–Crippen LogP) is 3.10. The fraction of sp³-hybridized carbons (Fsp3) is 0.250. The largest absolute Gasteiger partial charge is 0.491 e. The topological polar surface area (TPSA) is 75.7 Å². The first-order valence-corrected chi connectivity index (χ1v) is 8.43. The van der Waals surface area contributed by atoms with Crippen LogP contribution in [0.15, 0.2) is 48.5 Å². The van der Waals surface area contributed by atoms with Crippen LogP contribution in [0.4, 0.5) is 5.69 Å². The van der Waals surface area contributed by atoms with Crippen molar-refractivity contribution in [2.75, 3.05) is 5.32 Å². The molecule has 0 spiro atoms. The third kappa shape index (κ3) is 3.31. The van der Waals surface area contributed by atoms with Crippen molar-refractivity contribution in [1.82, 2.24) is 4.90 Å². The molecule has 26 heavy (non-hydrogen) atoms. The Morgan fingerprint density at radius 3 is 1.96 bits per heavy atom. The molecule has 1 heterocycles. The number of benzene rings is 2. The second-order valence-corrected chi connectivity index (χ2v) is 6.38. The first-order valence-electron chi connectivity index (χ1n) is 8.43. The molecule has 1 aliphatic heterocycles. The Kier molecular flexibility index (Phi) is 4.75. The highest BCUT2D eigenvalue weighted by molar-refractivity contribution is 6.23. The number of rotatable bonds is 5. The van der Waals surface area contributed by atoms with Crippen LogP contribution in [0.2, 0.25) is 0 Å². The smallest absolute Gasteiger partial charge is 0.262 e. The fourth-order valence-corrected chi connectivity index (χ4v) is 2.81. The van der Waals surface area contributed by atoms with Crippen molar-refractivity contribution >= 4 is 23.4 Å². The molecule has 0 bridgehead atoms. The minimum atomic E-state index is -0.922. The summed E-state index contributed by atoms with van der Waals surface area (Å²) in [5.41, 5.74) is 1.22. The van der Waals surface area contributed by atoms with E-state index in [0.29, 0.717) is 22.6 Å². The van der Waals surface area contributed by atoms with E-state index in [9.17, 15) is 14.4 Å². The molecular formula is C20H20N2O4. The molecule has 0 saturated carbocycles. The van der Waals surface area contributed by atoms with Gasteiger partial charge in [-0.05, 0) is 57.2 Å². The van der Waals surface area contributed by atoms with Crippen molar-refractivity contribution in [3.63, 3.8) is 0 Å². The summed E-state index contributed by atoms with van der Waals surface area (Å²) in [4.78, 5) is 38.4. The molecule has 0 aliphatic carbocycles. The van der Waals surface area contributed by atoms with Crippen molar-refractivity contribution in [2.45, 2.75) is 32.9 Å². The summed E-state index contributed by atoms with van der Waals surface area (Å²) < 4.78 is 5.56. The molecule has 2 aromatic carbocycles. The summed E-state index contributed by atoms with van der Waals surface area (Å²) >= 11 is 0. The lowest BCUT2D eigenvalue weighted by molar-refractivity contribution is -0.119. The van der Waals surface area contributed by atoms with Crippen LogP contribution >= 0.6 is 0 Å². The van der Waals surface area contributed by atoms with Gasteiger partial charge in [0.15, 0.2) is 0 Å². The van der Waals surface area contributed by atoms with Gasteiger partial charge in [0.05, 0.1) is 17.2 Å². The molecule has 0 radical (unpaired) electrons. The molecule has 1 atom stereocenters. The van der Waals surface area contributed by atoms with Gasteiger partial charge in [0.1, 0.15) is 11.8 Å². The van der Waals surface area contributed by atoms with E-state index in [1.54, 1.807) is 48.5 Å². The zero-order chi connectivity index (χ0) is 18.8. The second-order valence-electron chi connectivity index (χ2n) is 6.38. The molecule has 6 nitrogen and oxygen atoms in total. The lowest BCUT2D eigenvalue weighted by Gasteiger charge is -2.21. The fourth-order valence-electron chi connectivity index (χ4n) is 2.81. The molecule has 1 N–H and O–H groups in total. The van der Waals surface area contributed by atoms with E-state index in [4.69, 9.17) is 4.74 Å². The summed E-state index contributed by atoms with van der Waals surface area (Å²) in [5, 5.41) is 2.73. The van der Waals surface area contributed by atoms with E-state index in [1.807, 2.05) is 13.8 Å². The van der Waals surface area contributed by atoms with Crippen LogP contribution in [0.1, 0.15) is 41.5 Å². The Labute approximate surface area is 151 Å². The SMILES string of the molecule is CC(C)Oc1ccc(NC(=O)C(C)N2C(=O)c3ccccc3C2=O)cc1. The van der Waals surface area contributed by atoms with Gasteiger partial charge in [-0.3, -0.25) is 19.3 Å². The van der Waals surface area contributed by atoms with Gasteiger partial charge < -0.3 is 10.1 Å². The van der Waals surface area contributed by atoms with E-state index in [1.165, 1.54) is 6.92 Å². The number of fused-ring (bicyclic) bond motifs is 1. The predicted molar refractivity (Wildman–Crippen MR) is 97.2 cm³/mol. The van der Waals surface area contributed by atoms with E-state index in [2.05, 4.69) is 5.32 Å². The number of nitrogens with zero attached hydrogens (tertiary/aromatic N) is 1. The van der Waals surface area contributed by atoms with E-state index >= 15 is 0 Å². The van der Waals surface area contributed by atoms with E-state index in [0.717, 1.165) is 4.90 Å². The van der Waals surface area contributed by atoms with Crippen LogP contribution in [0.5, 0.6) is 5.75 Å². The van der Waals surface area contributed by atoms with Crippen molar-refractivity contribution in [3.05, 3.63) is 59.7 Å². The number of nitrogens with one attached hydrogen (secondary N) is 1. The lowest BCUT2D eigenvalue weighted by atomic mass is 10.1. The number of amides is 3. The van der Waals surface area contributed by atoms with Gasteiger partial charge in [-0.2, -0.15) is 0 Å². The van der Waals surface area contributed by atoms with Crippen molar-refractivity contribution < 1.29 is 19.1 Å². The van der Waals surface area contributed by atoms with Gasteiger partial charge in [-0.1, -0.05) is 12.1 Å². The molecule has 1 aliphatic rings. The average Bonchev–Trinajstić information content (AvgIpc) is 2.87. The maximum atomic E-state index is 12.5. The summed E-state index contributed by atoms with van der Waals surface area (Å²) in [5.74, 6) is -0.633. The molecule has 134 valence electrons. The first-order chi connectivity index (χ1) is 12.4. The molecule has 0 fully saturated rings. The molecular weight excluding hydrogens is 332 g/mol. The van der Waals surface area contributed by atoms with Crippen LogP contribution in [-0.2, 0) is 4.79 Å². The van der Waals surface area contributed by atoms with Gasteiger partial charge in [-0.15, -0.1) is 0 Å². The standard InChI is InChI=1S/C20H20N2O4/c1-12(2)26-15-10-8-14(9-11-15)21-18(23)13(3)22-19(24)16-6-4-5-7-17(16)20(22)25/h4-13H,1-3H3,(H,21,23). The third-order valence-corrected chi connectivity index (χ3v) is 4.09. The van der Waals surface area contributed by atoms with Gasteiger partial charge in [0.2, 0.25) is 5.91 Å². The van der Waals surface area contributed by atoms with Gasteiger partial charge in [0.25, 0.3) is 11.8 Å². The van der Waals surface area contributed by atoms with Crippen LogP contribution in [-0.4, -0.2) is 34.8 Å². The normalized spacial score (nSPS) is 14.4. The lowest BCUT2D eigenvalue weighted by Crippen LogP contribution is -2.45. The van der Waals surface area contributed by atoms with Crippen LogP contribution in [0.25, 0.3) is 0 Å². The van der Waals surface area contributed by atoms with E-state index < -0.39 is 23.8 Å². The zero-order valence-electron chi connectivity index (χ0n) is 14.9. The summed E-state index contributed by atoms with van der Waals surface area (Å²) in [6.07, 6.45) is 0.0595. The Balaban J connectivity index is 1.71. The highest BCUT2D eigenvalue weighted by atomic mass is 16.5. The minimum Gasteiger partial charge on any atom is -0.491 e. The quantitative estimate of drug-likeness (QED) is 0.839. The van der Waals surface area contributed by atoms with Crippen molar-refractivity contribution in [1.29, 1.82) is 0 Å². The monoisotopic (exact) mass is 352 g/mol. The molecule has 0 aromatic heterocycles. The average molecular weight is 352 g/mol. The summed E-state index contributed by atoms with van der Waals surface area (Å²) in [6.45, 7) is 5.39. The van der Waals surface area contributed by atoms with Crippen molar-refractivity contribution in [2.24, 2.45) is 0 Å². The summed E-state index contributed by atoms with van der Waals surface area (Å²) in [6, 6.07) is 12.6. The second kappa shape index (κ2) is 7.00. The molecule has 1 unspecified atom stereocenters. The Bertz CT molecular complexity index is 823. The number of hydrogen-bond donors (Lipinski definition) is 1. The molecule has 0 saturated heterocycles. The molecule has 2 aromatic rings. The number of imide groups is 1. The molecule has 6 heteroatoms. The first kappa shape index (κ1) is 17.7. The van der Waals surface area contributed by atoms with Gasteiger partial charge in [0, 0.05) is 5.69 Å². The van der Waals surface area contributed by atoms with Gasteiger partial charge >= 0.3 is 0 Å². The maximum absolute atomic E-state index is 12.5. The number of anilines is 1. The summed E-state index contributed by atoms with van der Waals surface area (Å²) in [7, 11) is 0. The highest BCUT2D eigenvalue weighted by Gasteiger charge is 2.40. The number of ether oxygens (including phenoxy) is 1. The maximum Gasteiger partial charge on any atom is 0.262 e. The highest BCUT2D eigenvalue weighted by Crippen LogP contribution is 2.25. The van der Waals surface area contributed by atoms with Crippen LogP contribution in [0, 0.1) is 0 Å². The van der Waals surface area contributed by atoms with Crippen molar-refractivity contribution in [3.8, 4) is 5.75 Å². The third-order valence-electron chi connectivity index (χ3n) is 4.09. The molecule has 3 amide bonds. The van der Waals surface area contributed by atoms with Crippen LogP contribution in [0.3, 0.4) is 0 Å². The Morgan fingerprint density at radius 2 is 1.46 bits per heavy atom. The van der Waals surface area contributed by atoms with Gasteiger partial charge in [-0.25, -0.2) is 0 Å². The number of hydrogen-bond acceptors (Lipinski definition) is 4. The van der Waals surface area contributed by atoms with Crippen LogP contribution < -0.4 is 10.1 Å². The number of carbonyl (C=O) groups is 3. The zero-order valence-corrected chi connectivity index (χ0v) is 14.9.